The number of urea groups is 1. The van der Waals surface area contributed by atoms with E-state index in [-0.39, 0.29) is 6.54 Å². The lowest BCUT2D eigenvalue weighted by Crippen LogP contribution is -2.55. The second-order valence-electron chi connectivity index (χ2n) is 5.65. The van der Waals surface area contributed by atoms with Crippen LogP contribution in [0, 0.1) is 0 Å². The van der Waals surface area contributed by atoms with Gasteiger partial charge < -0.3 is 20.4 Å². The molecule has 1 aliphatic carbocycles. The van der Waals surface area contributed by atoms with E-state index in [4.69, 9.17) is 5.11 Å². The highest BCUT2D eigenvalue weighted by atomic mass is 16.4. The number of aliphatic carboxylic acids is 1. The Labute approximate surface area is 107 Å². The van der Waals surface area contributed by atoms with E-state index in [0.29, 0.717) is 12.8 Å². The normalized spacial score (nSPS) is 18.4. The van der Waals surface area contributed by atoms with Crippen LogP contribution in [0.2, 0.25) is 0 Å². The highest BCUT2D eigenvalue weighted by molar-refractivity contribution is 5.85. The molecule has 0 spiro atoms. The number of hydrogen-bond acceptors (Lipinski definition) is 3. The third-order valence-electron chi connectivity index (χ3n) is 3.37. The van der Waals surface area contributed by atoms with Crippen LogP contribution in [0.5, 0.6) is 0 Å². The third kappa shape index (κ3) is 3.60. The van der Waals surface area contributed by atoms with Gasteiger partial charge in [-0.05, 0) is 26.7 Å². The Morgan fingerprint density at radius 3 is 2.28 bits per heavy atom. The fourth-order valence-electron chi connectivity index (χ4n) is 2.12. The molecule has 1 aliphatic rings. The second kappa shape index (κ2) is 5.14. The monoisotopic (exact) mass is 258 g/mol. The number of nitrogens with zero attached hydrogens (tertiary/aromatic N) is 1. The van der Waals surface area contributed by atoms with Gasteiger partial charge in [-0.3, -0.25) is 0 Å². The van der Waals surface area contributed by atoms with Crippen LogP contribution < -0.4 is 5.32 Å². The molecule has 0 atom stereocenters. The fraction of sp³-hybridized carbons (Fsp3) is 0.833. The molecule has 1 fully saturated rings. The summed E-state index contributed by atoms with van der Waals surface area (Å²) in [5.41, 5.74) is -2.14. The maximum absolute atomic E-state index is 11.8. The lowest BCUT2D eigenvalue weighted by Gasteiger charge is -2.31. The molecule has 2 amide bonds. The predicted molar refractivity (Wildman–Crippen MR) is 66.3 cm³/mol. The number of carboxylic acids is 1. The van der Waals surface area contributed by atoms with Crippen molar-refractivity contribution in [3.05, 3.63) is 0 Å². The van der Waals surface area contributed by atoms with Crippen molar-refractivity contribution in [2.75, 3.05) is 13.6 Å². The number of amides is 2. The number of likely N-dealkylation sites (N-methyl/N-ethyl adjacent to an activating group) is 1. The number of rotatable bonds is 4. The summed E-state index contributed by atoms with van der Waals surface area (Å²) in [4.78, 5) is 24.1. The maximum Gasteiger partial charge on any atom is 0.328 e. The lowest BCUT2D eigenvalue weighted by molar-refractivity contribution is -0.143. The van der Waals surface area contributed by atoms with Gasteiger partial charge in [-0.2, -0.15) is 0 Å². The average Bonchev–Trinajstić information content (AvgIpc) is 2.63. The third-order valence-corrected chi connectivity index (χ3v) is 3.37. The Balaban J connectivity index is 2.54. The van der Waals surface area contributed by atoms with Gasteiger partial charge in [0, 0.05) is 7.05 Å². The number of nitrogens with one attached hydrogen (secondary N) is 1. The highest BCUT2D eigenvalue weighted by Gasteiger charge is 2.35. The van der Waals surface area contributed by atoms with Gasteiger partial charge in [0.15, 0.2) is 0 Å². The van der Waals surface area contributed by atoms with Crippen molar-refractivity contribution in [2.24, 2.45) is 0 Å². The van der Waals surface area contributed by atoms with E-state index in [1.807, 2.05) is 0 Å². The smallest absolute Gasteiger partial charge is 0.328 e. The number of hydrogen-bond donors (Lipinski definition) is 3. The van der Waals surface area contributed by atoms with Crippen LogP contribution in [0.1, 0.15) is 39.5 Å². The SMILES string of the molecule is CN(CC1(O)CCCC1)C(=O)NC(C)(C)C(=O)O. The molecule has 1 rings (SSSR count). The minimum absolute atomic E-state index is 0.231. The first-order valence-electron chi connectivity index (χ1n) is 6.15. The molecule has 0 aromatic rings. The molecule has 0 bridgehead atoms. The first-order valence-corrected chi connectivity index (χ1v) is 6.15. The van der Waals surface area contributed by atoms with Crippen molar-refractivity contribution in [3.63, 3.8) is 0 Å². The van der Waals surface area contributed by atoms with Crippen molar-refractivity contribution < 1.29 is 19.8 Å². The summed E-state index contributed by atoms with van der Waals surface area (Å²) in [7, 11) is 1.56. The molecular weight excluding hydrogens is 236 g/mol. The Morgan fingerprint density at radius 1 is 1.33 bits per heavy atom. The summed E-state index contributed by atoms with van der Waals surface area (Å²) in [6.07, 6.45) is 3.30. The van der Waals surface area contributed by atoms with Crippen LogP contribution in [0.25, 0.3) is 0 Å². The summed E-state index contributed by atoms with van der Waals surface area (Å²) in [5, 5.41) is 21.5. The van der Waals surface area contributed by atoms with Crippen molar-refractivity contribution in [3.8, 4) is 0 Å². The minimum atomic E-state index is -1.32. The topological polar surface area (TPSA) is 89.9 Å². The summed E-state index contributed by atoms with van der Waals surface area (Å²) in [6, 6.07) is -0.484. The molecule has 0 heterocycles. The van der Waals surface area contributed by atoms with Gasteiger partial charge in [0.1, 0.15) is 5.54 Å². The standard InChI is InChI=1S/C12H22N2O4/c1-11(2,9(15)16)13-10(17)14(3)8-12(18)6-4-5-7-12/h18H,4-8H2,1-3H3,(H,13,17)(H,15,16). The van der Waals surface area contributed by atoms with E-state index in [0.717, 1.165) is 12.8 Å². The first kappa shape index (κ1) is 14.8. The van der Waals surface area contributed by atoms with Crippen molar-refractivity contribution in [1.82, 2.24) is 10.2 Å². The summed E-state index contributed by atoms with van der Waals surface area (Å²) in [6.45, 7) is 3.07. The van der Waals surface area contributed by atoms with E-state index < -0.39 is 23.1 Å². The van der Waals surface area contributed by atoms with Crippen LogP contribution in [-0.4, -0.2) is 51.8 Å². The maximum atomic E-state index is 11.8. The Morgan fingerprint density at radius 2 is 1.83 bits per heavy atom. The van der Waals surface area contributed by atoms with Crippen LogP contribution >= 0.6 is 0 Å². The Kier molecular flexibility index (Phi) is 4.21. The van der Waals surface area contributed by atoms with Crippen LogP contribution in [-0.2, 0) is 4.79 Å². The fourth-order valence-corrected chi connectivity index (χ4v) is 2.12. The van der Waals surface area contributed by atoms with Gasteiger partial charge in [-0.1, -0.05) is 12.8 Å². The van der Waals surface area contributed by atoms with Gasteiger partial charge in [0.05, 0.1) is 12.1 Å². The molecular formula is C12H22N2O4. The molecule has 0 saturated heterocycles. The molecule has 0 aliphatic heterocycles. The molecule has 0 aromatic heterocycles. The highest BCUT2D eigenvalue weighted by Crippen LogP contribution is 2.29. The quantitative estimate of drug-likeness (QED) is 0.695. The molecule has 6 heteroatoms. The Bertz CT molecular complexity index is 335. The Hall–Kier alpha value is -1.30. The number of carbonyl (C=O) groups is 2. The van der Waals surface area contributed by atoms with Gasteiger partial charge in [0.2, 0.25) is 0 Å². The number of carboxylic acid groups (broad SMARTS) is 1. The molecule has 3 N–H and O–H groups in total. The number of carbonyl (C=O) groups excluding carboxylic acids is 1. The lowest BCUT2D eigenvalue weighted by atomic mass is 10.0. The first-order chi connectivity index (χ1) is 8.16. The van der Waals surface area contributed by atoms with E-state index in [2.05, 4.69) is 5.32 Å². The molecule has 0 aromatic carbocycles. The van der Waals surface area contributed by atoms with Gasteiger partial charge >= 0.3 is 12.0 Å². The molecule has 104 valence electrons. The van der Waals surface area contributed by atoms with Crippen molar-refractivity contribution in [2.45, 2.75) is 50.7 Å². The van der Waals surface area contributed by atoms with Crippen molar-refractivity contribution >= 4 is 12.0 Å². The van der Waals surface area contributed by atoms with E-state index in [1.165, 1.54) is 18.7 Å². The van der Waals surface area contributed by atoms with E-state index in [1.54, 1.807) is 7.05 Å². The van der Waals surface area contributed by atoms with Crippen molar-refractivity contribution in [1.29, 1.82) is 0 Å². The van der Waals surface area contributed by atoms with Crippen LogP contribution in [0.3, 0.4) is 0 Å². The zero-order chi connectivity index (χ0) is 14.0. The molecule has 6 nitrogen and oxygen atoms in total. The van der Waals surface area contributed by atoms with E-state index in [9.17, 15) is 14.7 Å². The largest absolute Gasteiger partial charge is 0.480 e. The van der Waals surface area contributed by atoms with Crippen LogP contribution in [0.15, 0.2) is 0 Å². The van der Waals surface area contributed by atoms with Gasteiger partial charge in [-0.15, -0.1) is 0 Å². The summed E-state index contributed by atoms with van der Waals surface area (Å²) < 4.78 is 0. The minimum Gasteiger partial charge on any atom is -0.480 e. The van der Waals surface area contributed by atoms with Gasteiger partial charge in [0.25, 0.3) is 0 Å². The zero-order valence-electron chi connectivity index (χ0n) is 11.2. The summed E-state index contributed by atoms with van der Waals surface area (Å²) >= 11 is 0. The molecule has 0 radical (unpaired) electrons. The van der Waals surface area contributed by atoms with Crippen LogP contribution in [0.4, 0.5) is 4.79 Å². The number of aliphatic hydroxyl groups is 1. The van der Waals surface area contributed by atoms with E-state index >= 15 is 0 Å². The molecule has 1 saturated carbocycles. The summed E-state index contributed by atoms with van der Waals surface area (Å²) in [5.74, 6) is -1.09. The van der Waals surface area contributed by atoms with Gasteiger partial charge in [-0.25, -0.2) is 9.59 Å². The predicted octanol–water partition coefficient (Wildman–Crippen LogP) is 0.796. The molecule has 0 unspecified atom stereocenters. The molecule has 18 heavy (non-hydrogen) atoms. The second-order valence-corrected chi connectivity index (χ2v) is 5.65. The zero-order valence-corrected chi connectivity index (χ0v) is 11.2. The average molecular weight is 258 g/mol.